The number of carbonyl (C=O) groups is 1. The Balaban J connectivity index is 1.10. The first-order valence-corrected chi connectivity index (χ1v) is 17.2. The molecule has 3 aliphatic rings. The van der Waals surface area contributed by atoms with Crippen LogP contribution in [-0.4, -0.2) is 99.7 Å². The Kier molecular flexibility index (Phi) is 10.2. The van der Waals surface area contributed by atoms with Crippen LogP contribution in [0.3, 0.4) is 0 Å². The fourth-order valence-corrected chi connectivity index (χ4v) is 7.62. The van der Waals surface area contributed by atoms with E-state index >= 15 is 0 Å². The summed E-state index contributed by atoms with van der Waals surface area (Å²) in [7, 11) is 0. The Hall–Kier alpha value is -3.79. The first-order valence-electron chi connectivity index (χ1n) is 17.2. The third kappa shape index (κ3) is 7.37. The molecule has 1 amide bonds. The van der Waals surface area contributed by atoms with Gasteiger partial charge in [-0.05, 0) is 69.7 Å². The maximum atomic E-state index is 12.9. The number of hydrogen-bond acceptors (Lipinski definition) is 8. The van der Waals surface area contributed by atoms with Gasteiger partial charge in [0.1, 0.15) is 6.33 Å². The third-order valence-electron chi connectivity index (χ3n) is 10.7. The number of piperidine rings is 2. The number of anilines is 1. The van der Waals surface area contributed by atoms with Crippen LogP contribution >= 0.6 is 0 Å². The van der Waals surface area contributed by atoms with Gasteiger partial charge in [0.05, 0.1) is 24.6 Å². The van der Waals surface area contributed by atoms with Gasteiger partial charge in [0.25, 0.3) is 5.91 Å². The third-order valence-corrected chi connectivity index (χ3v) is 10.7. The largest absolute Gasteiger partial charge is 0.378 e. The zero-order valence-electron chi connectivity index (χ0n) is 28.3. The van der Waals surface area contributed by atoms with Crippen molar-refractivity contribution in [3.8, 4) is 0 Å². The number of likely N-dealkylation sites (tertiary alicyclic amines) is 2. The fourth-order valence-electron chi connectivity index (χ4n) is 7.62. The first-order chi connectivity index (χ1) is 22.7. The predicted molar refractivity (Wildman–Crippen MR) is 186 cm³/mol. The summed E-state index contributed by atoms with van der Waals surface area (Å²) in [5, 5.41) is 10.9. The van der Waals surface area contributed by atoms with Crippen LogP contribution < -0.4 is 4.90 Å². The Morgan fingerprint density at radius 2 is 1.55 bits per heavy atom. The average molecular weight is 639 g/mol. The summed E-state index contributed by atoms with van der Waals surface area (Å²) in [5.74, 6) is -0.252. The van der Waals surface area contributed by atoms with Crippen molar-refractivity contribution >= 4 is 17.3 Å². The molecular weight excluding hydrogens is 588 g/mol. The van der Waals surface area contributed by atoms with Gasteiger partial charge >= 0.3 is 0 Å². The van der Waals surface area contributed by atoms with E-state index in [0.29, 0.717) is 37.9 Å². The highest BCUT2D eigenvalue weighted by molar-refractivity contribution is 5.82. The Bertz CT molecular complexity index is 1490. The van der Waals surface area contributed by atoms with Gasteiger partial charge in [0.15, 0.2) is 6.10 Å². The second-order valence-corrected chi connectivity index (χ2v) is 13.6. The number of aryl methyl sites for hydroxylation is 2. The number of ether oxygens (including phenoxy) is 1. The van der Waals surface area contributed by atoms with Crippen molar-refractivity contribution < 1.29 is 14.6 Å². The molecule has 0 radical (unpaired) electrons. The monoisotopic (exact) mass is 638 g/mol. The highest BCUT2D eigenvalue weighted by Gasteiger charge is 2.39. The molecule has 6 rings (SSSR count). The van der Waals surface area contributed by atoms with Crippen molar-refractivity contribution in [3.05, 3.63) is 95.6 Å². The number of amides is 1. The van der Waals surface area contributed by atoms with E-state index in [2.05, 4.69) is 80.6 Å². The van der Waals surface area contributed by atoms with E-state index in [1.54, 1.807) is 11.2 Å². The lowest BCUT2D eigenvalue weighted by Crippen LogP contribution is -2.57. The van der Waals surface area contributed by atoms with Crippen molar-refractivity contribution in [1.29, 1.82) is 0 Å². The molecule has 9 nitrogen and oxygen atoms in total. The van der Waals surface area contributed by atoms with Crippen LogP contribution in [-0.2, 0) is 16.1 Å². The standard InChI is InChI=1S/C38H50N6O3/c1-28-35(29(2)40-27-39-28)30(3)41-20-16-38(4,17-21-41)43-18-14-34(15-19-43)44(26-31-8-6-5-7-9-31)33-12-10-32(11-13-33)36(45)37(46)42-22-24-47-25-23-42/h5-13,27,34,36,45H,3,14-26H2,1-2,4H3/t36-/m0/s1. The highest BCUT2D eigenvalue weighted by atomic mass is 16.5. The van der Waals surface area contributed by atoms with Crippen LogP contribution in [0.1, 0.15) is 66.8 Å². The van der Waals surface area contributed by atoms with Gasteiger partial charge in [0.2, 0.25) is 0 Å². The zero-order valence-corrected chi connectivity index (χ0v) is 28.3. The van der Waals surface area contributed by atoms with Crippen LogP contribution in [0.2, 0.25) is 0 Å². The molecule has 4 heterocycles. The van der Waals surface area contributed by atoms with Gasteiger partial charge in [0, 0.05) is 74.3 Å². The number of aliphatic hydroxyl groups is 1. The number of nitrogens with zero attached hydrogens (tertiary/aromatic N) is 6. The van der Waals surface area contributed by atoms with Gasteiger partial charge < -0.3 is 24.5 Å². The molecular formula is C38H50N6O3. The normalized spacial score (nSPS) is 19.7. The molecule has 1 aromatic heterocycles. The maximum absolute atomic E-state index is 12.9. The van der Waals surface area contributed by atoms with Crippen LogP contribution in [0.25, 0.3) is 5.70 Å². The van der Waals surface area contributed by atoms with Gasteiger partial charge in [-0.2, -0.15) is 0 Å². The number of rotatable bonds is 9. The Morgan fingerprint density at radius 1 is 0.936 bits per heavy atom. The molecule has 47 heavy (non-hydrogen) atoms. The topological polar surface area (TPSA) is 85.3 Å². The lowest BCUT2D eigenvalue weighted by molar-refractivity contribution is -0.144. The van der Waals surface area contributed by atoms with Crippen LogP contribution in [0.4, 0.5) is 5.69 Å². The molecule has 0 saturated carbocycles. The summed E-state index contributed by atoms with van der Waals surface area (Å²) < 4.78 is 5.37. The Morgan fingerprint density at radius 3 is 2.17 bits per heavy atom. The molecule has 1 N–H and O–H groups in total. The van der Waals surface area contributed by atoms with E-state index in [0.717, 1.165) is 86.7 Å². The smallest absolute Gasteiger partial charge is 0.256 e. The highest BCUT2D eigenvalue weighted by Crippen LogP contribution is 2.36. The maximum Gasteiger partial charge on any atom is 0.256 e. The lowest BCUT2D eigenvalue weighted by Gasteiger charge is -2.51. The number of morpholine rings is 1. The molecule has 3 saturated heterocycles. The predicted octanol–water partition coefficient (Wildman–Crippen LogP) is 4.98. The van der Waals surface area contributed by atoms with Gasteiger partial charge in [-0.15, -0.1) is 0 Å². The summed E-state index contributed by atoms with van der Waals surface area (Å²) in [6.07, 6.45) is 4.84. The van der Waals surface area contributed by atoms with Gasteiger partial charge in [-0.25, -0.2) is 9.97 Å². The van der Waals surface area contributed by atoms with Crippen molar-refractivity contribution in [2.24, 2.45) is 0 Å². The van der Waals surface area contributed by atoms with Crippen molar-refractivity contribution in [3.63, 3.8) is 0 Å². The van der Waals surface area contributed by atoms with E-state index in [1.165, 1.54) is 5.56 Å². The van der Waals surface area contributed by atoms with E-state index in [9.17, 15) is 9.90 Å². The van der Waals surface area contributed by atoms with Gasteiger partial charge in [-0.3, -0.25) is 9.69 Å². The van der Waals surface area contributed by atoms with Crippen LogP contribution in [0.5, 0.6) is 0 Å². The summed E-state index contributed by atoms with van der Waals surface area (Å²) in [6, 6.07) is 19.0. The summed E-state index contributed by atoms with van der Waals surface area (Å²) in [6.45, 7) is 18.0. The molecule has 0 unspecified atom stereocenters. The van der Waals surface area contributed by atoms with E-state index in [1.807, 2.05) is 26.0 Å². The first kappa shape index (κ1) is 33.1. The minimum absolute atomic E-state index is 0.161. The van der Waals surface area contributed by atoms with Crippen molar-refractivity contribution in [2.75, 3.05) is 57.4 Å². The fraction of sp³-hybridized carbons (Fsp3) is 0.500. The molecule has 2 aromatic carbocycles. The number of benzene rings is 2. The van der Waals surface area contributed by atoms with E-state index < -0.39 is 6.10 Å². The number of aromatic nitrogens is 2. The van der Waals surface area contributed by atoms with Gasteiger partial charge in [-0.1, -0.05) is 49.0 Å². The SMILES string of the molecule is C=C(c1c(C)ncnc1C)N1CCC(C)(N2CCC(N(Cc3ccccc3)c3ccc([C@H](O)C(=O)N4CCOCC4)cc3)CC2)CC1. The summed E-state index contributed by atoms with van der Waals surface area (Å²) in [4.78, 5) is 31.1. The van der Waals surface area contributed by atoms with Crippen molar-refractivity contribution in [1.82, 2.24) is 24.7 Å². The average Bonchev–Trinajstić information content (AvgIpc) is 3.11. The second-order valence-electron chi connectivity index (χ2n) is 13.6. The summed E-state index contributed by atoms with van der Waals surface area (Å²) in [5.41, 5.74) is 7.30. The molecule has 9 heteroatoms. The van der Waals surface area contributed by atoms with Crippen LogP contribution in [0, 0.1) is 13.8 Å². The zero-order chi connectivity index (χ0) is 33.0. The minimum atomic E-state index is -1.16. The lowest BCUT2D eigenvalue weighted by atomic mass is 9.85. The van der Waals surface area contributed by atoms with E-state index in [4.69, 9.17) is 4.74 Å². The molecule has 250 valence electrons. The molecule has 0 spiro atoms. The number of hydrogen-bond donors (Lipinski definition) is 1. The summed E-state index contributed by atoms with van der Waals surface area (Å²) >= 11 is 0. The molecule has 0 bridgehead atoms. The number of carbonyl (C=O) groups excluding carboxylic acids is 1. The second kappa shape index (κ2) is 14.5. The van der Waals surface area contributed by atoms with E-state index in [-0.39, 0.29) is 11.4 Å². The Labute approximate surface area is 279 Å². The molecule has 0 aliphatic carbocycles. The molecule has 3 fully saturated rings. The minimum Gasteiger partial charge on any atom is -0.378 e. The number of aliphatic hydroxyl groups excluding tert-OH is 1. The van der Waals surface area contributed by atoms with Crippen LogP contribution in [0.15, 0.2) is 67.5 Å². The quantitative estimate of drug-likeness (QED) is 0.352. The molecule has 1 atom stereocenters. The molecule has 3 aromatic rings. The molecule has 3 aliphatic heterocycles. The van der Waals surface area contributed by atoms with Crippen molar-refractivity contribution in [2.45, 2.75) is 70.7 Å².